The Labute approximate surface area is 116 Å². The second-order valence-electron chi connectivity index (χ2n) is 4.95. The number of aromatic nitrogens is 2. The molecule has 0 fully saturated rings. The summed E-state index contributed by atoms with van der Waals surface area (Å²) in [6.45, 7) is 0. The predicted octanol–water partition coefficient (Wildman–Crippen LogP) is 3.00. The van der Waals surface area contributed by atoms with E-state index in [1.165, 1.54) is 5.56 Å². The standard InChI is InChI=1S/C16H14N4/c1-2-6-11(7-3-1)14-10-15(20-19-14)16-17-12-8-4-5-9-13(12)18-16/h1-9,15,20H,10H2,(H,17,18)/t15-/m0/s1. The quantitative estimate of drug-likeness (QED) is 0.746. The molecule has 0 bridgehead atoms. The molecule has 4 nitrogen and oxygen atoms in total. The van der Waals surface area contributed by atoms with Gasteiger partial charge in [-0.05, 0) is 17.7 Å². The van der Waals surface area contributed by atoms with E-state index in [0.29, 0.717) is 0 Å². The minimum atomic E-state index is 0.123. The summed E-state index contributed by atoms with van der Waals surface area (Å²) in [6.07, 6.45) is 0.851. The highest BCUT2D eigenvalue weighted by molar-refractivity contribution is 6.01. The second kappa shape index (κ2) is 4.49. The van der Waals surface area contributed by atoms with Gasteiger partial charge in [-0.15, -0.1) is 0 Å². The molecule has 0 spiro atoms. The van der Waals surface area contributed by atoms with E-state index >= 15 is 0 Å². The van der Waals surface area contributed by atoms with Gasteiger partial charge in [0.1, 0.15) is 11.9 Å². The number of fused-ring (bicyclic) bond motifs is 1. The van der Waals surface area contributed by atoms with E-state index in [0.717, 1.165) is 29.0 Å². The summed E-state index contributed by atoms with van der Waals surface area (Å²) < 4.78 is 0. The highest BCUT2D eigenvalue weighted by Crippen LogP contribution is 2.24. The fraction of sp³-hybridized carbons (Fsp3) is 0.125. The molecule has 1 aliphatic heterocycles. The third-order valence-electron chi connectivity index (χ3n) is 3.60. The Kier molecular flexibility index (Phi) is 2.52. The number of nitrogens with zero attached hydrogens (tertiary/aromatic N) is 2. The van der Waals surface area contributed by atoms with Crippen molar-refractivity contribution >= 4 is 16.7 Å². The SMILES string of the molecule is c1ccc(C2=NN[C@H](c3nc4ccccc4[nH]3)C2)cc1. The third kappa shape index (κ3) is 1.86. The molecule has 2 N–H and O–H groups in total. The smallest absolute Gasteiger partial charge is 0.131 e. The third-order valence-corrected chi connectivity index (χ3v) is 3.60. The van der Waals surface area contributed by atoms with Crippen molar-refractivity contribution in [2.45, 2.75) is 12.5 Å². The summed E-state index contributed by atoms with van der Waals surface area (Å²) in [5.74, 6) is 0.945. The molecule has 0 aliphatic carbocycles. The lowest BCUT2D eigenvalue weighted by Gasteiger charge is -2.05. The molecule has 0 radical (unpaired) electrons. The lowest BCUT2D eigenvalue weighted by molar-refractivity contribution is 0.591. The Bertz CT molecular complexity index is 740. The van der Waals surface area contributed by atoms with Gasteiger partial charge in [0, 0.05) is 6.42 Å². The number of imidazole rings is 1. The van der Waals surface area contributed by atoms with Gasteiger partial charge >= 0.3 is 0 Å². The van der Waals surface area contributed by atoms with E-state index in [9.17, 15) is 0 Å². The van der Waals surface area contributed by atoms with Gasteiger partial charge in [0.05, 0.1) is 16.7 Å². The maximum absolute atomic E-state index is 4.63. The van der Waals surface area contributed by atoms with Crippen molar-refractivity contribution in [1.29, 1.82) is 0 Å². The maximum atomic E-state index is 4.63. The number of benzene rings is 2. The van der Waals surface area contributed by atoms with E-state index in [2.05, 4.69) is 32.6 Å². The largest absolute Gasteiger partial charge is 0.340 e. The molecule has 2 aromatic carbocycles. The Morgan fingerprint density at radius 1 is 0.950 bits per heavy atom. The molecule has 3 aromatic rings. The van der Waals surface area contributed by atoms with E-state index in [-0.39, 0.29) is 6.04 Å². The van der Waals surface area contributed by atoms with Gasteiger partial charge in [0.25, 0.3) is 0 Å². The van der Waals surface area contributed by atoms with Crippen LogP contribution in [-0.4, -0.2) is 15.7 Å². The van der Waals surface area contributed by atoms with Crippen LogP contribution in [0.15, 0.2) is 59.7 Å². The minimum Gasteiger partial charge on any atom is -0.340 e. The summed E-state index contributed by atoms with van der Waals surface area (Å²) in [7, 11) is 0. The fourth-order valence-electron chi connectivity index (χ4n) is 2.55. The summed E-state index contributed by atoms with van der Waals surface area (Å²) in [5.41, 5.74) is 7.49. The molecule has 1 atom stereocenters. The summed E-state index contributed by atoms with van der Waals surface area (Å²) in [6, 6.07) is 18.4. The predicted molar refractivity (Wildman–Crippen MR) is 79.6 cm³/mol. The first-order valence-electron chi connectivity index (χ1n) is 6.72. The van der Waals surface area contributed by atoms with Gasteiger partial charge in [-0.2, -0.15) is 5.10 Å². The number of hydrogen-bond acceptors (Lipinski definition) is 3. The summed E-state index contributed by atoms with van der Waals surface area (Å²) in [4.78, 5) is 7.99. The van der Waals surface area contributed by atoms with Crippen molar-refractivity contribution in [3.05, 3.63) is 66.0 Å². The molecule has 98 valence electrons. The first-order chi connectivity index (χ1) is 9.90. The first-order valence-corrected chi connectivity index (χ1v) is 6.72. The van der Waals surface area contributed by atoms with Crippen LogP contribution in [0.3, 0.4) is 0 Å². The number of rotatable bonds is 2. The van der Waals surface area contributed by atoms with Crippen LogP contribution in [0.5, 0.6) is 0 Å². The highest BCUT2D eigenvalue weighted by atomic mass is 15.3. The van der Waals surface area contributed by atoms with Gasteiger partial charge in [-0.1, -0.05) is 42.5 Å². The van der Waals surface area contributed by atoms with Crippen LogP contribution in [0.4, 0.5) is 0 Å². The van der Waals surface area contributed by atoms with Crippen molar-refractivity contribution in [2.75, 3.05) is 0 Å². The topological polar surface area (TPSA) is 53.1 Å². The lowest BCUT2D eigenvalue weighted by Crippen LogP contribution is -2.11. The fourth-order valence-corrected chi connectivity index (χ4v) is 2.55. The van der Waals surface area contributed by atoms with Crippen LogP contribution in [-0.2, 0) is 0 Å². The molecule has 0 amide bonds. The Morgan fingerprint density at radius 2 is 1.75 bits per heavy atom. The van der Waals surface area contributed by atoms with Crippen LogP contribution in [0.2, 0.25) is 0 Å². The lowest BCUT2D eigenvalue weighted by atomic mass is 10.0. The van der Waals surface area contributed by atoms with E-state index < -0.39 is 0 Å². The van der Waals surface area contributed by atoms with Gasteiger partial charge in [-0.3, -0.25) is 5.43 Å². The van der Waals surface area contributed by atoms with Gasteiger partial charge in [-0.25, -0.2) is 4.98 Å². The van der Waals surface area contributed by atoms with E-state index in [4.69, 9.17) is 0 Å². The second-order valence-corrected chi connectivity index (χ2v) is 4.95. The van der Waals surface area contributed by atoms with Gasteiger partial charge in [0.2, 0.25) is 0 Å². The monoisotopic (exact) mass is 262 g/mol. The van der Waals surface area contributed by atoms with Crippen LogP contribution in [0.25, 0.3) is 11.0 Å². The van der Waals surface area contributed by atoms with Crippen molar-refractivity contribution < 1.29 is 0 Å². The Hall–Kier alpha value is -2.62. The molecule has 0 saturated heterocycles. The molecule has 2 heterocycles. The number of nitrogens with one attached hydrogen (secondary N) is 2. The normalized spacial score (nSPS) is 18.0. The first kappa shape index (κ1) is 11.2. The van der Waals surface area contributed by atoms with Crippen LogP contribution < -0.4 is 5.43 Å². The number of hydrogen-bond donors (Lipinski definition) is 2. The Balaban J connectivity index is 1.60. The van der Waals surface area contributed by atoms with E-state index in [1.54, 1.807) is 0 Å². The van der Waals surface area contributed by atoms with Crippen LogP contribution in [0, 0.1) is 0 Å². The number of H-pyrrole nitrogens is 1. The molecule has 1 aliphatic rings. The van der Waals surface area contributed by atoms with Gasteiger partial charge < -0.3 is 4.98 Å². The molecular weight excluding hydrogens is 248 g/mol. The minimum absolute atomic E-state index is 0.123. The average Bonchev–Trinajstić information content (AvgIpc) is 3.14. The molecule has 0 saturated carbocycles. The maximum Gasteiger partial charge on any atom is 0.131 e. The summed E-state index contributed by atoms with van der Waals surface area (Å²) in [5, 5.41) is 4.44. The molecule has 1 aromatic heterocycles. The number of aromatic amines is 1. The average molecular weight is 262 g/mol. The van der Waals surface area contributed by atoms with Crippen LogP contribution >= 0.6 is 0 Å². The zero-order valence-electron chi connectivity index (χ0n) is 10.9. The van der Waals surface area contributed by atoms with Crippen molar-refractivity contribution in [1.82, 2.24) is 15.4 Å². The van der Waals surface area contributed by atoms with Crippen molar-refractivity contribution in [2.24, 2.45) is 5.10 Å². The molecule has 4 rings (SSSR count). The molecule has 4 heteroatoms. The van der Waals surface area contributed by atoms with Crippen LogP contribution in [0.1, 0.15) is 23.9 Å². The Morgan fingerprint density at radius 3 is 2.60 bits per heavy atom. The molecule has 0 unspecified atom stereocenters. The molecular formula is C16H14N4. The zero-order valence-corrected chi connectivity index (χ0v) is 10.9. The highest BCUT2D eigenvalue weighted by Gasteiger charge is 2.23. The van der Waals surface area contributed by atoms with Gasteiger partial charge in [0.15, 0.2) is 0 Å². The molecule has 20 heavy (non-hydrogen) atoms. The summed E-state index contributed by atoms with van der Waals surface area (Å²) >= 11 is 0. The number of hydrazone groups is 1. The van der Waals surface area contributed by atoms with E-state index in [1.807, 2.05) is 42.5 Å². The number of para-hydroxylation sites is 2. The van der Waals surface area contributed by atoms with Crippen molar-refractivity contribution in [3.8, 4) is 0 Å². The zero-order chi connectivity index (χ0) is 13.4. The van der Waals surface area contributed by atoms with Crippen molar-refractivity contribution in [3.63, 3.8) is 0 Å².